The van der Waals surface area contributed by atoms with Crippen LogP contribution in [0, 0.1) is 0 Å². The molecule has 0 aromatic carbocycles. The van der Waals surface area contributed by atoms with Crippen LogP contribution in [0.3, 0.4) is 0 Å². The Morgan fingerprint density at radius 1 is 1.40 bits per heavy atom. The molecule has 0 saturated heterocycles. The monoisotopic (exact) mass is 144 g/mol. The highest BCUT2D eigenvalue weighted by Crippen LogP contribution is 1.77. The molecule has 0 aromatic rings. The summed E-state index contributed by atoms with van der Waals surface area (Å²) in [5.74, 6) is 0. The first kappa shape index (κ1) is 12.3. The maximum absolute atomic E-state index is 3.65. The van der Waals surface area contributed by atoms with Gasteiger partial charge in [-0.3, -0.25) is 0 Å². The molecule has 0 saturated carbocycles. The molecule has 0 aliphatic rings. The van der Waals surface area contributed by atoms with Crippen molar-refractivity contribution in [1.29, 1.82) is 0 Å². The lowest BCUT2D eigenvalue weighted by Gasteiger charge is -2.08. The standard InChI is InChI=1S/C6H14N2.C2H6/c1-4-6(8-3)5-7-2;1-2/h4,6-8H,1,5H2,2-3H3;1-2H3. The summed E-state index contributed by atoms with van der Waals surface area (Å²) in [6, 6.07) is 0.403. The van der Waals surface area contributed by atoms with Crippen molar-refractivity contribution in [2.24, 2.45) is 0 Å². The maximum atomic E-state index is 3.65. The molecule has 0 amide bonds. The Balaban J connectivity index is 0. The van der Waals surface area contributed by atoms with Gasteiger partial charge in [-0.2, -0.15) is 0 Å². The highest BCUT2D eigenvalue weighted by molar-refractivity contribution is 4.85. The van der Waals surface area contributed by atoms with Gasteiger partial charge in [0.2, 0.25) is 0 Å². The molecule has 2 heteroatoms. The van der Waals surface area contributed by atoms with Gasteiger partial charge in [-0.25, -0.2) is 0 Å². The van der Waals surface area contributed by atoms with Crippen molar-refractivity contribution in [2.45, 2.75) is 19.9 Å². The molecular weight excluding hydrogens is 124 g/mol. The minimum atomic E-state index is 0.403. The molecule has 10 heavy (non-hydrogen) atoms. The molecule has 0 radical (unpaired) electrons. The topological polar surface area (TPSA) is 24.1 Å². The molecule has 0 spiro atoms. The minimum Gasteiger partial charge on any atom is -0.318 e. The number of nitrogens with one attached hydrogen (secondary N) is 2. The van der Waals surface area contributed by atoms with E-state index in [0.717, 1.165) is 6.54 Å². The summed E-state index contributed by atoms with van der Waals surface area (Å²) < 4.78 is 0. The average molecular weight is 144 g/mol. The molecule has 0 aliphatic carbocycles. The fourth-order valence-corrected chi connectivity index (χ4v) is 0.523. The van der Waals surface area contributed by atoms with E-state index in [1.54, 1.807) is 0 Å². The summed E-state index contributed by atoms with van der Waals surface area (Å²) >= 11 is 0. The van der Waals surface area contributed by atoms with E-state index in [4.69, 9.17) is 0 Å². The van der Waals surface area contributed by atoms with E-state index in [-0.39, 0.29) is 0 Å². The number of likely N-dealkylation sites (N-methyl/N-ethyl adjacent to an activating group) is 2. The molecular formula is C8H20N2. The van der Waals surface area contributed by atoms with Crippen LogP contribution in [0.5, 0.6) is 0 Å². The zero-order valence-corrected chi connectivity index (χ0v) is 7.57. The first-order chi connectivity index (χ1) is 4.85. The molecule has 0 fully saturated rings. The summed E-state index contributed by atoms with van der Waals surface area (Å²) in [4.78, 5) is 0. The molecule has 0 rings (SSSR count). The van der Waals surface area contributed by atoms with Gasteiger partial charge in [-0.15, -0.1) is 6.58 Å². The third-order valence-electron chi connectivity index (χ3n) is 1.08. The van der Waals surface area contributed by atoms with Gasteiger partial charge in [0, 0.05) is 12.6 Å². The minimum absolute atomic E-state index is 0.403. The summed E-state index contributed by atoms with van der Waals surface area (Å²) in [7, 11) is 3.84. The molecule has 1 unspecified atom stereocenters. The average Bonchev–Trinajstić information content (AvgIpc) is 2.04. The molecule has 62 valence electrons. The second-order valence-corrected chi connectivity index (χ2v) is 1.69. The number of rotatable bonds is 4. The van der Waals surface area contributed by atoms with Crippen LogP contribution in [0.1, 0.15) is 13.8 Å². The summed E-state index contributed by atoms with van der Waals surface area (Å²) in [6.07, 6.45) is 1.89. The van der Waals surface area contributed by atoms with Crippen LogP contribution in [0.25, 0.3) is 0 Å². The molecule has 0 bridgehead atoms. The van der Waals surface area contributed by atoms with Crippen molar-refractivity contribution < 1.29 is 0 Å². The van der Waals surface area contributed by atoms with Gasteiger partial charge < -0.3 is 10.6 Å². The van der Waals surface area contributed by atoms with Crippen molar-refractivity contribution in [3.63, 3.8) is 0 Å². The van der Waals surface area contributed by atoms with Gasteiger partial charge in [0.25, 0.3) is 0 Å². The first-order valence-corrected chi connectivity index (χ1v) is 3.79. The largest absolute Gasteiger partial charge is 0.318 e. The zero-order valence-electron chi connectivity index (χ0n) is 7.57. The molecule has 0 heterocycles. The molecule has 1 atom stereocenters. The predicted molar refractivity (Wildman–Crippen MR) is 48.3 cm³/mol. The smallest absolute Gasteiger partial charge is 0.0370 e. The van der Waals surface area contributed by atoms with Crippen LogP contribution >= 0.6 is 0 Å². The quantitative estimate of drug-likeness (QED) is 0.575. The van der Waals surface area contributed by atoms with E-state index in [2.05, 4.69) is 17.2 Å². The maximum Gasteiger partial charge on any atom is 0.0370 e. The van der Waals surface area contributed by atoms with Crippen LogP contribution in [0.2, 0.25) is 0 Å². The van der Waals surface area contributed by atoms with Gasteiger partial charge in [0.05, 0.1) is 0 Å². The molecule has 2 N–H and O–H groups in total. The Bertz CT molecular complexity index is 62.3. The van der Waals surface area contributed by atoms with Crippen LogP contribution in [0.4, 0.5) is 0 Å². The molecule has 0 aliphatic heterocycles. The zero-order chi connectivity index (χ0) is 8.41. The highest BCUT2D eigenvalue weighted by Gasteiger charge is 1.93. The van der Waals surface area contributed by atoms with Gasteiger partial charge in [-0.05, 0) is 14.1 Å². The Kier molecular flexibility index (Phi) is 14.1. The van der Waals surface area contributed by atoms with Crippen LogP contribution in [-0.4, -0.2) is 26.7 Å². The van der Waals surface area contributed by atoms with Crippen molar-refractivity contribution in [3.05, 3.63) is 12.7 Å². The molecule has 2 nitrogen and oxygen atoms in total. The van der Waals surface area contributed by atoms with E-state index in [0.29, 0.717) is 6.04 Å². The van der Waals surface area contributed by atoms with E-state index in [9.17, 15) is 0 Å². The van der Waals surface area contributed by atoms with Crippen molar-refractivity contribution in [1.82, 2.24) is 10.6 Å². The van der Waals surface area contributed by atoms with E-state index >= 15 is 0 Å². The Labute approximate surface area is 64.7 Å². The van der Waals surface area contributed by atoms with E-state index in [1.807, 2.05) is 34.0 Å². The van der Waals surface area contributed by atoms with Crippen LogP contribution in [0.15, 0.2) is 12.7 Å². The van der Waals surface area contributed by atoms with Gasteiger partial charge >= 0.3 is 0 Å². The predicted octanol–water partition coefficient (Wildman–Crippen LogP) is 1.01. The summed E-state index contributed by atoms with van der Waals surface area (Å²) in [5, 5.41) is 6.11. The fourth-order valence-electron chi connectivity index (χ4n) is 0.523. The normalized spacial score (nSPS) is 11.2. The van der Waals surface area contributed by atoms with E-state index < -0.39 is 0 Å². The Hall–Kier alpha value is -0.340. The van der Waals surface area contributed by atoms with Crippen molar-refractivity contribution in [2.75, 3.05) is 20.6 Å². The Morgan fingerprint density at radius 3 is 2.00 bits per heavy atom. The summed E-state index contributed by atoms with van der Waals surface area (Å²) in [6.45, 7) is 8.59. The first-order valence-electron chi connectivity index (χ1n) is 3.79. The third-order valence-corrected chi connectivity index (χ3v) is 1.08. The molecule has 0 aromatic heterocycles. The SMILES string of the molecule is C=CC(CNC)NC.CC. The second kappa shape index (κ2) is 11.5. The lowest BCUT2D eigenvalue weighted by Crippen LogP contribution is -2.32. The van der Waals surface area contributed by atoms with Crippen molar-refractivity contribution >= 4 is 0 Å². The van der Waals surface area contributed by atoms with E-state index in [1.165, 1.54) is 0 Å². The number of hydrogen-bond donors (Lipinski definition) is 2. The second-order valence-electron chi connectivity index (χ2n) is 1.69. The van der Waals surface area contributed by atoms with Crippen LogP contribution in [-0.2, 0) is 0 Å². The fraction of sp³-hybridized carbons (Fsp3) is 0.750. The van der Waals surface area contributed by atoms with Crippen LogP contribution < -0.4 is 10.6 Å². The lowest BCUT2D eigenvalue weighted by molar-refractivity contribution is 0.620. The Morgan fingerprint density at radius 2 is 1.90 bits per heavy atom. The summed E-state index contributed by atoms with van der Waals surface area (Å²) in [5.41, 5.74) is 0. The third kappa shape index (κ3) is 7.66. The van der Waals surface area contributed by atoms with Gasteiger partial charge in [0.1, 0.15) is 0 Å². The van der Waals surface area contributed by atoms with Crippen molar-refractivity contribution in [3.8, 4) is 0 Å². The van der Waals surface area contributed by atoms with Gasteiger partial charge in [-0.1, -0.05) is 19.9 Å². The highest BCUT2D eigenvalue weighted by atomic mass is 14.9. The van der Waals surface area contributed by atoms with Gasteiger partial charge in [0.15, 0.2) is 0 Å². The lowest BCUT2D eigenvalue weighted by atomic mass is 10.3. The number of hydrogen-bond acceptors (Lipinski definition) is 2.